The van der Waals surface area contributed by atoms with Gasteiger partial charge in [-0.05, 0) is 86.8 Å². The molecule has 0 aliphatic rings. The van der Waals surface area contributed by atoms with Crippen molar-refractivity contribution in [2.45, 2.75) is 6.92 Å². The Hall–Kier alpha value is -6.97. The van der Waals surface area contributed by atoms with Crippen LogP contribution in [0.4, 0.5) is 0 Å². The third-order valence-corrected chi connectivity index (χ3v) is 10.0. The number of rotatable bonds is 7. The van der Waals surface area contributed by atoms with Crippen molar-refractivity contribution < 1.29 is 0 Å². The zero-order valence-electron chi connectivity index (χ0n) is 29.4. The number of benzene rings is 7. The number of hydrogen-bond donors (Lipinski definition) is 0. The predicted octanol–water partition coefficient (Wildman–Crippen LogP) is 13.0. The van der Waals surface area contributed by atoms with E-state index in [9.17, 15) is 0 Å². The van der Waals surface area contributed by atoms with Gasteiger partial charge in [0.1, 0.15) is 0 Å². The van der Waals surface area contributed by atoms with Gasteiger partial charge >= 0.3 is 0 Å². The molecule has 9 aromatic rings. The molecular weight excluding hydrogens is 643 g/mol. The van der Waals surface area contributed by atoms with E-state index in [1.165, 1.54) is 10.8 Å². The fourth-order valence-electron chi connectivity index (χ4n) is 7.43. The Morgan fingerprint density at radius 1 is 0.491 bits per heavy atom. The van der Waals surface area contributed by atoms with Gasteiger partial charge in [-0.15, -0.1) is 0 Å². The number of hydrogen-bond acceptors (Lipinski definition) is 3. The highest BCUT2D eigenvalue weighted by molar-refractivity contribution is 6.12. The largest absolute Gasteiger partial charge is 0.256 e. The molecule has 0 spiro atoms. The third-order valence-electron chi connectivity index (χ3n) is 10.0. The second kappa shape index (κ2) is 13.6. The molecule has 0 saturated carbocycles. The van der Waals surface area contributed by atoms with Gasteiger partial charge < -0.3 is 0 Å². The molecule has 2 aromatic heterocycles. The summed E-state index contributed by atoms with van der Waals surface area (Å²) in [6.45, 7) is 6.81. The fourth-order valence-corrected chi connectivity index (χ4v) is 7.43. The van der Waals surface area contributed by atoms with Crippen molar-refractivity contribution in [3.63, 3.8) is 0 Å². The first-order valence-electron chi connectivity index (χ1n) is 17.9. The van der Waals surface area contributed by atoms with Gasteiger partial charge in [0, 0.05) is 51.1 Å². The standard InChI is InChI=1S/C50H35N3/c1-33(29-48(47-24-12-18-36-14-4-8-20-44(36)47)53-34(2)42-23-11-17-35-13-3-7-19-43(35)42)39-30-40(49-45-21-9-5-15-37(45)25-27-51-49)32-41(31-39)50-46-22-10-6-16-38(46)26-28-52-50/h3-32H,1H2,2H3/b48-29-,53-34?. The van der Waals surface area contributed by atoms with Gasteiger partial charge in [0.25, 0.3) is 0 Å². The molecular formula is C50H35N3. The van der Waals surface area contributed by atoms with E-state index in [0.717, 1.165) is 88.5 Å². The minimum Gasteiger partial charge on any atom is -0.256 e. The third kappa shape index (κ3) is 6.09. The van der Waals surface area contributed by atoms with Crippen molar-refractivity contribution in [1.29, 1.82) is 0 Å². The predicted molar refractivity (Wildman–Crippen MR) is 225 cm³/mol. The van der Waals surface area contributed by atoms with Crippen LogP contribution in [0.2, 0.25) is 0 Å². The Labute approximate surface area is 309 Å². The molecule has 0 aliphatic carbocycles. The lowest BCUT2D eigenvalue weighted by atomic mass is 9.93. The van der Waals surface area contributed by atoms with Crippen molar-refractivity contribution in [3.05, 3.63) is 206 Å². The molecule has 7 aromatic carbocycles. The van der Waals surface area contributed by atoms with Crippen LogP contribution in [0.3, 0.4) is 0 Å². The van der Waals surface area contributed by atoms with Gasteiger partial charge in [-0.25, -0.2) is 0 Å². The SMILES string of the molecule is C=C(/C=C(\N=C(C)c1cccc2ccccc12)c1cccc2ccccc12)c1cc(-c2nccc3ccccc23)cc(-c2nccc3ccccc23)c1. The molecule has 53 heavy (non-hydrogen) atoms. The van der Waals surface area contributed by atoms with Crippen LogP contribution in [-0.2, 0) is 0 Å². The van der Waals surface area contributed by atoms with Crippen LogP contribution >= 0.6 is 0 Å². The van der Waals surface area contributed by atoms with Gasteiger partial charge in [-0.1, -0.05) is 140 Å². The topological polar surface area (TPSA) is 38.1 Å². The summed E-state index contributed by atoms with van der Waals surface area (Å²) in [6, 6.07) is 57.3. The van der Waals surface area contributed by atoms with E-state index in [1.807, 2.05) is 12.4 Å². The van der Waals surface area contributed by atoms with Gasteiger partial charge in [0.15, 0.2) is 0 Å². The van der Waals surface area contributed by atoms with Gasteiger partial charge in [0.05, 0.1) is 17.1 Å². The molecule has 0 aliphatic heterocycles. The summed E-state index contributed by atoms with van der Waals surface area (Å²) in [6.07, 6.45) is 5.91. The first-order valence-corrected chi connectivity index (χ1v) is 17.9. The van der Waals surface area contributed by atoms with Crippen LogP contribution in [-0.4, -0.2) is 15.7 Å². The normalized spacial score (nSPS) is 12.2. The Bertz CT molecular complexity index is 2810. The molecule has 0 amide bonds. The molecule has 0 atom stereocenters. The van der Waals surface area contributed by atoms with E-state index in [1.54, 1.807) is 0 Å². The van der Waals surface area contributed by atoms with Crippen molar-refractivity contribution >= 4 is 60.1 Å². The number of pyridine rings is 2. The molecule has 3 nitrogen and oxygen atoms in total. The molecule has 3 heteroatoms. The Balaban J connectivity index is 1.26. The monoisotopic (exact) mass is 677 g/mol. The molecule has 0 unspecified atom stereocenters. The van der Waals surface area contributed by atoms with E-state index in [4.69, 9.17) is 21.5 Å². The van der Waals surface area contributed by atoms with Crippen LogP contribution in [0.1, 0.15) is 23.6 Å². The van der Waals surface area contributed by atoms with Crippen LogP contribution in [0, 0.1) is 0 Å². The molecule has 9 rings (SSSR count). The van der Waals surface area contributed by atoms with Crippen molar-refractivity contribution in [2.75, 3.05) is 0 Å². The second-order valence-electron chi connectivity index (χ2n) is 13.4. The summed E-state index contributed by atoms with van der Waals surface area (Å²) >= 11 is 0. The molecule has 2 heterocycles. The molecule has 0 radical (unpaired) electrons. The number of nitrogens with zero attached hydrogens (tertiary/aromatic N) is 3. The molecule has 0 saturated heterocycles. The highest BCUT2D eigenvalue weighted by Crippen LogP contribution is 2.37. The van der Waals surface area contributed by atoms with Crippen LogP contribution in [0.5, 0.6) is 0 Å². The highest BCUT2D eigenvalue weighted by atomic mass is 14.8. The maximum Gasteiger partial charge on any atom is 0.0780 e. The Morgan fingerprint density at radius 3 is 1.47 bits per heavy atom. The van der Waals surface area contributed by atoms with Gasteiger partial charge in [-0.3, -0.25) is 15.0 Å². The molecule has 0 N–H and O–H groups in total. The zero-order chi connectivity index (χ0) is 35.7. The van der Waals surface area contributed by atoms with Crippen molar-refractivity contribution in [2.24, 2.45) is 4.99 Å². The Morgan fingerprint density at radius 2 is 0.925 bits per heavy atom. The highest BCUT2D eigenvalue weighted by Gasteiger charge is 2.15. The lowest BCUT2D eigenvalue weighted by Crippen LogP contribution is -1.98. The second-order valence-corrected chi connectivity index (χ2v) is 13.4. The molecule has 0 bridgehead atoms. The minimum atomic E-state index is 0.839. The van der Waals surface area contributed by atoms with Gasteiger partial charge in [0.2, 0.25) is 0 Å². The van der Waals surface area contributed by atoms with Gasteiger partial charge in [-0.2, -0.15) is 0 Å². The quantitative estimate of drug-likeness (QED) is 0.124. The van der Waals surface area contributed by atoms with E-state index in [2.05, 4.69) is 177 Å². The smallest absolute Gasteiger partial charge is 0.0780 e. The summed E-state index contributed by atoms with van der Waals surface area (Å²) < 4.78 is 0. The number of allylic oxidation sites excluding steroid dienone is 2. The van der Waals surface area contributed by atoms with E-state index < -0.39 is 0 Å². The summed E-state index contributed by atoms with van der Waals surface area (Å²) in [5, 5.41) is 9.13. The average molecular weight is 678 g/mol. The number of fused-ring (bicyclic) bond motifs is 4. The van der Waals surface area contributed by atoms with Crippen molar-refractivity contribution in [1.82, 2.24) is 9.97 Å². The Kier molecular flexibility index (Phi) is 8.22. The van der Waals surface area contributed by atoms with Crippen LogP contribution < -0.4 is 0 Å². The lowest BCUT2D eigenvalue weighted by molar-refractivity contribution is 1.34. The first kappa shape index (κ1) is 32.0. The minimum absolute atomic E-state index is 0.839. The maximum absolute atomic E-state index is 5.42. The van der Waals surface area contributed by atoms with Crippen LogP contribution in [0.25, 0.3) is 76.9 Å². The number of aromatic nitrogens is 2. The summed E-state index contributed by atoms with van der Waals surface area (Å²) in [5.74, 6) is 0. The summed E-state index contributed by atoms with van der Waals surface area (Å²) in [5.41, 5.74) is 9.58. The molecule has 250 valence electrons. The lowest BCUT2D eigenvalue weighted by Gasteiger charge is -2.15. The fraction of sp³-hybridized carbons (Fsp3) is 0.0200. The number of aliphatic imine (C=N–C) groups is 1. The van der Waals surface area contributed by atoms with E-state index >= 15 is 0 Å². The summed E-state index contributed by atoms with van der Waals surface area (Å²) in [4.78, 5) is 15.3. The van der Waals surface area contributed by atoms with E-state index in [-0.39, 0.29) is 0 Å². The summed E-state index contributed by atoms with van der Waals surface area (Å²) in [7, 11) is 0. The first-order chi connectivity index (χ1) is 26.1. The van der Waals surface area contributed by atoms with Crippen molar-refractivity contribution in [3.8, 4) is 22.5 Å². The van der Waals surface area contributed by atoms with E-state index in [0.29, 0.717) is 0 Å². The molecule has 0 fully saturated rings. The van der Waals surface area contributed by atoms with Crippen LogP contribution in [0.15, 0.2) is 194 Å². The maximum atomic E-state index is 5.42. The zero-order valence-corrected chi connectivity index (χ0v) is 29.4. The average Bonchev–Trinajstić information content (AvgIpc) is 3.22.